The number of benzene rings is 1. The third-order valence-electron chi connectivity index (χ3n) is 4.87. The Bertz CT molecular complexity index is 912. The fourth-order valence-corrected chi connectivity index (χ4v) is 3.46. The zero-order chi connectivity index (χ0) is 17.6. The molecule has 0 fully saturated rings. The van der Waals surface area contributed by atoms with Gasteiger partial charge in [-0.2, -0.15) is 5.10 Å². The Hall–Kier alpha value is -2.80. The number of amides is 1. The van der Waals surface area contributed by atoms with E-state index in [1.54, 1.807) is 6.92 Å². The second-order valence-electron chi connectivity index (χ2n) is 6.32. The molecule has 0 bridgehead atoms. The van der Waals surface area contributed by atoms with Crippen LogP contribution in [-0.2, 0) is 17.9 Å². The van der Waals surface area contributed by atoms with Gasteiger partial charge in [-0.3, -0.25) is 19.3 Å². The molecule has 128 valence electrons. The Morgan fingerprint density at radius 2 is 2.08 bits per heavy atom. The number of carbonyl (C=O) groups excluding carboxylic acids is 2. The summed E-state index contributed by atoms with van der Waals surface area (Å²) in [4.78, 5) is 29.9. The van der Waals surface area contributed by atoms with E-state index in [1.807, 2.05) is 34.0 Å². The number of hydrogen-bond donors (Lipinski definition) is 1. The van der Waals surface area contributed by atoms with Crippen LogP contribution < -0.4 is 5.73 Å². The highest BCUT2D eigenvalue weighted by Gasteiger charge is 2.24. The maximum absolute atomic E-state index is 12.1. The number of hydrogen-bond acceptors (Lipinski definition) is 5. The van der Waals surface area contributed by atoms with Gasteiger partial charge < -0.3 is 10.6 Å². The van der Waals surface area contributed by atoms with Crippen molar-refractivity contribution in [1.82, 2.24) is 14.7 Å². The molecule has 2 aromatic rings. The largest absolute Gasteiger partial charge is 0.335 e. The van der Waals surface area contributed by atoms with Crippen LogP contribution in [0.5, 0.6) is 0 Å². The number of nitrogens with two attached hydrogens (primary N) is 1. The average Bonchev–Trinajstić information content (AvgIpc) is 3.05. The SMILES string of the molecule is CC(=O)N1CCn2ncc(-c3ccc4c(c3)C(CN)=NCC4=O)c2C1. The number of nitrogens with zero attached hydrogens (tertiary/aromatic N) is 4. The number of fused-ring (bicyclic) bond motifs is 2. The van der Waals surface area contributed by atoms with Gasteiger partial charge in [0, 0.05) is 36.7 Å². The van der Waals surface area contributed by atoms with Gasteiger partial charge in [-0.1, -0.05) is 12.1 Å². The van der Waals surface area contributed by atoms with Crippen molar-refractivity contribution in [2.24, 2.45) is 10.7 Å². The van der Waals surface area contributed by atoms with Crippen LogP contribution in [0.1, 0.15) is 28.5 Å². The van der Waals surface area contributed by atoms with Crippen molar-refractivity contribution in [3.63, 3.8) is 0 Å². The molecule has 3 heterocycles. The number of aromatic nitrogens is 2. The molecule has 7 heteroatoms. The summed E-state index contributed by atoms with van der Waals surface area (Å²) in [5, 5.41) is 4.45. The zero-order valence-corrected chi connectivity index (χ0v) is 14.0. The molecule has 4 rings (SSSR count). The normalized spacial score (nSPS) is 16.3. The van der Waals surface area contributed by atoms with Crippen LogP contribution in [0, 0.1) is 0 Å². The topological polar surface area (TPSA) is 93.6 Å². The molecule has 1 amide bonds. The van der Waals surface area contributed by atoms with Crippen LogP contribution in [0.25, 0.3) is 11.1 Å². The van der Waals surface area contributed by atoms with Crippen LogP contribution in [0.3, 0.4) is 0 Å². The van der Waals surface area contributed by atoms with Crippen molar-refractivity contribution in [2.45, 2.75) is 20.0 Å². The third-order valence-corrected chi connectivity index (χ3v) is 4.87. The van der Waals surface area contributed by atoms with Gasteiger partial charge in [0.1, 0.15) is 6.54 Å². The van der Waals surface area contributed by atoms with Gasteiger partial charge in [0.25, 0.3) is 0 Å². The molecule has 1 aromatic heterocycles. The van der Waals surface area contributed by atoms with Gasteiger partial charge in [-0.25, -0.2) is 0 Å². The highest BCUT2D eigenvalue weighted by molar-refractivity contribution is 6.16. The van der Waals surface area contributed by atoms with E-state index < -0.39 is 0 Å². The van der Waals surface area contributed by atoms with Gasteiger partial charge in [0.15, 0.2) is 5.78 Å². The monoisotopic (exact) mass is 337 g/mol. The first-order valence-electron chi connectivity index (χ1n) is 8.30. The summed E-state index contributed by atoms with van der Waals surface area (Å²) in [6.07, 6.45) is 1.82. The second kappa shape index (κ2) is 5.93. The van der Waals surface area contributed by atoms with Gasteiger partial charge in [0.2, 0.25) is 5.91 Å². The molecule has 2 aliphatic heterocycles. The maximum atomic E-state index is 12.1. The predicted octanol–water partition coefficient (Wildman–Crippen LogP) is 0.856. The van der Waals surface area contributed by atoms with Gasteiger partial charge in [-0.15, -0.1) is 0 Å². The lowest BCUT2D eigenvalue weighted by molar-refractivity contribution is -0.130. The lowest BCUT2D eigenvalue weighted by atomic mass is 9.92. The zero-order valence-electron chi connectivity index (χ0n) is 14.0. The fraction of sp³-hybridized carbons (Fsp3) is 0.333. The van der Waals surface area contributed by atoms with E-state index >= 15 is 0 Å². The van der Waals surface area contributed by atoms with Crippen LogP contribution in [0.2, 0.25) is 0 Å². The van der Waals surface area contributed by atoms with Gasteiger partial charge in [0.05, 0.1) is 30.7 Å². The van der Waals surface area contributed by atoms with Crippen LogP contribution >= 0.6 is 0 Å². The van der Waals surface area contributed by atoms with Gasteiger partial charge >= 0.3 is 0 Å². The minimum absolute atomic E-state index is 0.0125. The van der Waals surface area contributed by atoms with E-state index in [1.165, 1.54) is 0 Å². The molecule has 0 aliphatic carbocycles. The summed E-state index contributed by atoms with van der Waals surface area (Å²) in [6.45, 7) is 3.95. The summed E-state index contributed by atoms with van der Waals surface area (Å²) in [5.74, 6) is 0.0746. The quantitative estimate of drug-likeness (QED) is 0.879. The van der Waals surface area contributed by atoms with Crippen LogP contribution in [-0.4, -0.2) is 51.7 Å². The first-order valence-corrected chi connectivity index (χ1v) is 8.30. The molecule has 0 saturated carbocycles. The summed E-state index contributed by atoms with van der Waals surface area (Å²) in [5.41, 5.74) is 11.0. The van der Waals surface area contributed by atoms with Crippen LogP contribution in [0.4, 0.5) is 0 Å². The molecule has 2 aliphatic rings. The molecule has 7 nitrogen and oxygen atoms in total. The first-order chi connectivity index (χ1) is 12.1. The first kappa shape index (κ1) is 15.7. The van der Waals surface area contributed by atoms with Crippen molar-refractivity contribution in [3.8, 4) is 11.1 Å². The second-order valence-corrected chi connectivity index (χ2v) is 6.32. The fourth-order valence-electron chi connectivity index (χ4n) is 3.46. The highest BCUT2D eigenvalue weighted by Crippen LogP contribution is 2.30. The van der Waals surface area contributed by atoms with Gasteiger partial charge in [-0.05, 0) is 11.6 Å². The molecule has 2 N–H and O–H groups in total. The molecule has 0 unspecified atom stereocenters. The van der Waals surface area contributed by atoms with E-state index in [9.17, 15) is 9.59 Å². The summed E-state index contributed by atoms with van der Waals surface area (Å²) < 4.78 is 1.94. The van der Waals surface area contributed by atoms with Crippen molar-refractivity contribution in [2.75, 3.05) is 19.6 Å². The Kier molecular flexibility index (Phi) is 3.73. The number of Topliss-reactive ketones (excluding diaryl/α,β-unsaturated/α-hetero) is 1. The summed E-state index contributed by atoms with van der Waals surface area (Å²) in [6, 6.07) is 5.73. The van der Waals surface area contributed by atoms with E-state index in [2.05, 4.69) is 10.1 Å². The minimum atomic E-state index is 0.0125. The van der Waals surface area contributed by atoms with Crippen LogP contribution in [0.15, 0.2) is 29.4 Å². The number of ketones is 1. The molecule has 0 spiro atoms. The summed E-state index contributed by atoms with van der Waals surface area (Å²) in [7, 11) is 0. The van der Waals surface area contributed by atoms with E-state index in [0.29, 0.717) is 31.7 Å². The number of rotatable bonds is 2. The Balaban J connectivity index is 1.78. The van der Waals surface area contributed by atoms with Crippen molar-refractivity contribution >= 4 is 17.4 Å². The number of aliphatic imine (C=N–C) groups is 1. The molecule has 0 radical (unpaired) electrons. The molecule has 0 atom stereocenters. The molecule has 25 heavy (non-hydrogen) atoms. The number of carbonyl (C=O) groups is 2. The maximum Gasteiger partial charge on any atom is 0.219 e. The Morgan fingerprint density at radius 3 is 2.84 bits per heavy atom. The lowest BCUT2D eigenvalue weighted by Gasteiger charge is -2.27. The molecule has 0 saturated heterocycles. The van der Waals surface area contributed by atoms with Crippen molar-refractivity contribution in [3.05, 3.63) is 41.2 Å². The highest BCUT2D eigenvalue weighted by atomic mass is 16.2. The average molecular weight is 337 g/mol. The Morgan fingerprint density at radius 1 is 1.24 bits per heavy atom. The predicted molar refractivity (Wildman–Crippen MR) is 93.5 cm³/mol. The van der Waals surface area contributed by atoms with E-state index in [4.69, 9.17) is 5.73 Å². The standard InChI is InChI=1S/C18H19N5O2/c1-11(24)22-4-5-23-17(10-22)15(8-21-23)12-2-3-13-14(6-12)16(7-19)20-9-18(13)25/h2-3,6,8H,4-5,7,9-10,19H2,1H3. The minimum Gasteiger partial charge on any atom is -0.335 e. The molecular weight excluding hydrogens is 318 g/mol. The van der Waals surface area contributed by atoms with Crippen molar-refractivity contribution < 1.29 is 9.59 Å². The van der Waals surface area contributed by atoms with E-state index in [-0.39, 0.29) is 18.2 Å². The molecule has 1 aromatic carbocycles. The third kappa shape index (κ3) is 2.56. The summed E-state index contributed by atoms with van der Waals surface area (Å²) >= 11 is 0. The molecular formula is C18H19N5O2. The smallest absolute Gasteiger partial charge is 0.219 e. The lowest BCUT2D eigenvalue weighted by Crippen LogP contribution is -2.37. The van der Waals surface area contributed by atoms with Crippen molar-refractivity contribution in [1.29, 1.82) is 0 Å². The van der Waals surface area contributed by atoms with E-state index in [0.717, 1.165) is 28.1 Å². The Labute approximate surface area is 145 Å².